The van der Waals surface area contributed by atoms with E-state index >= 15 is 0 Å². The van der Waals surface area contributed by atoms with Crippen LogP contribution in [0.2, 0.25) is 0 Å². The van der Waals surface area contributed by atoms with Crippen molar-refractivity contribution in [3.8, 4) is 0 Å². The SMILES string of the molecule is O=C1CC=[N+]C(=O)N1. The van der Waals surface area contributed by atoms with Crippen molar-refractivity contribution in [1.29, 1.82) is 0 Å². The molecule has 0 aliphatic carbocycles. The van der Waals surface area contributed by atoms with Crippen molar-refractivity contribution < 1.29 is 9.59 Å². The lowest BCUT2D eigenvalue weighted by molar-refractivity contribution is -0.118. The van der Waals surface area contributed by atoms with E-state index in [0.29, 0.717) is 0 Å². The minimum absolute atomic E-state index is 0.214. The molecule has 0 aromatic rings. The maximum Gasteiger partial charge on any atom is 0.539 e. The number of nitrogens with zero attached hydrogens (tertiary/aromatic N) is 1. The third kappa shape index (κ3) is 0.900. The molecular formula is C4H4N2O2+. The number of hydrogen-bond acceptors (Lipinski definition) is 2. The van der Waals surface area contributed by atoms with E-state index in [2.05, 4.69) is 4.99 Å². The number of rotatable bonds is 0. The van der Waals surface area contributed by atoms with Gasteiger partial charge in [-0.3, -0.25) is 0 Å². The predicted molar refractivity (Wildman–Crippen MR) is 26.4 cm³/mol. The molecule has 0 fully saturated rings. The number of urea groups is 1. The van der Waals surface area contributed by atoms with Crippen LogP contribution in [0.4, 0.5) is 4.79 Å². The van der Waals surface area contributed by atoms with Gasteiger partial charge in [0, 0.05) is 0 Å². The molecule has 0 spiro atoms. The van der Waals surface area contributed by atoms with E-state index in [1.165, 1.54) is 6.21 Å². The number of hydrogen-bond donors (Lipinski definition) is 1. The number of carbonyl (C=O) groups excluding carboxylic acids is 2. The summed E-state index contributed by atoms with van der Waals surface area (Å²) in [4.78, 5) is 23.7. The van der Waals surface area contributed by atoms with Crippen LogP contribution in [0.3, 0.4) is 0 Å². The van der Waals surface area contributed by atoms with E-state index in [4.69, 9.17) is 0 Å². The van der Waals surface area contributed by atoms with E-state index in [-0.39, 0.29) is 12.3 Å². The minimum atomic E-state index is -0.568. The Hall–Kier alpha value is -1.19. The van der Waals surface area contributed by atoms with Crippen molar-refractivity contribution in [2.45, 2.75) is 6.42 Å². The second-order valence-corrected chi connectivity index (χ2v) is 1.37. The van der Waals surface area contributed by atoms with Crippen LogP contribution < -0.4 is 10.3 Å². The van der Waals surface area contributed by atoms with Gasteiger partial charge in [-0.05, 0) is 4.99 Å². The van der Waals surface area contributed by atoms with E-state index in [0.717, 1.165) is 0 Å². The fourth-order valence-corrected chi connectivity index (χ4v) is 0.414. The van der Waals surface area contributed by atoms with Crippen LogP contribution in [-0.2, 0) is 4.79 Å². The number of amides is 3. The van der Waals surface area contributed by atoms with E-state index < -0.39 is 6.03 Å². The molecule has 4 nitrogen and oxygen atoms in total. The highest BCUT2D eigenvalue weighted by molar-refractivity contribution is 6.05. The first kappa shape index (κ1) is 4.96. The summed E-state index contributed by atoms with van der Waals surface area (Å²) in [5.41, 5.74) is 0. The van der Waals surface area contributed by atoms with Crippen LogP contribution in [0.1, 0.15) is 6.42 Å². The lowest BCUT2D eigenvalue weighted by Crippen LogP contribution is -2.36. The summed E-state index contributed by atoms with van der Waals surface area (Å²) in [6.45, 7) is 0. The monoisotopic (exact) mass is 112 g/mol. The first-order valence-corrected chi connectivity index (χ1v) is 2.15. The van der Waals surface area contributed by atoms with Crippen molar-refractivity contribution in [2.75, 3.05) is 0 Å². The highest BCUT2D eigenvalue weighted by Gasteiger charge is 2.19. The fourth-order valence-electron chi connectivity index (χ4n) is 0.414. The quantitative estimate of drug-likeness (QED) is 0.438. The number of carbonyl (C=O) groups is 2. The van der Waals surface area contributed by atoms with E-state index in [1.54, 1.807) is 0 Å². The lowest BCUT2D eigenvalue weighted by atomic mass is 10.4. The molecule has 0 aromatic heterocycles. The molecule has 1 aliphatic rings. The first-order chi connectivity index (χ1) is 3.79. The van der Waals surface area contributed by atoms with E-state index in [1.807, 2.05) is 5.32 Å². The molecular weight excluding hydrogens is 108 g/mol. The molecule has 0 aromatic carbocycles. The second-order valence-electron chi connectivity index (χ2n) is 1.37. The Morgan fingerprint density at radius 3 is 2.75 bits per heavy atom. The van der Waals surface area contributed by atoms with Gasteiger partial charge in [0.1, 0.15) is 12.6 Å². The Kier molecular flexibility index (Phi) is 1.07. The fraction of sp³-hybridized carbons (Fsp3) is 0.250. The van der Waals surface area contributed by atoms with Gasteiger partial charge in [0.2, 0.25) is 0 Å². The average Bonchev–Trinajstić information content (AvgIpc) is 1.64. The zero-order valence-electron chi connectivity index (χ0n) is 4.05. The summed E-state index contributed by atoms with van der Waals surface area (Å²) < 4.78 is 0. The molecule has 1 aliphatic heterocycles. The first-order valence-electron chi connectivity index (χ1n) is 2.15. The largest absolute Gasteiger partial charge is 0.539 e. The Balaban J connectivity index is 2.68. The predicted octanol–water partition coefficient (Wildman–Crippen LogP) is -0.967. The standard InChI is InChI=1S/C4H4N2O2/c7-3-1-2-5-4(8)6-3/h2H,1H2,(H,6,7,8)/q+1. The second kappa shape index (κ2) is 1.73. The van der Waals surface area contributed by atoms with Gasteiger partial charge in [-0.25, -0.2) is 4.79 Å². The molecule has 1 N–H and O–H groups in total. The van der Waals surface area contributed by atoms with Gasteiger partial charge >= 0.3 is 11.9 Å². The highest BCUT2D eigenvalue weighted by atomic mass is 16.2. The molecule has 41 valence electrons. The summed E-state index contributed by atoms with van der Waals surface area (Å²) in [6.07, 6.45) is 1.51. The summed E-state index contributed by atoms with van der Waals surface area (Å²) in [5, 5.41) is 2.00. The third-order valence-corrected chi connectivity index (χ3v) is 0.732. The molecule has 1 radical (unpaired) electrons. The normalized spacial score (nSPS) is 18.5. The molecule has 1 rings (SSSR count). The van der Waals surface area contributed by atoms with Crippen LogP contribution >= 0.6 is 0 Å². The zero-order chi connectivity index (χ0) is 5.98. The summed E-state index contributed by atoms with van der Waals surface area (Å²) >= 11 is 0. The van der Waals surface area contributed by atoms with Gasteiger partial charge in [-0.2, -0.15) is 10.1 Å². The van der Waals surface area contributed by atoms with Gasteiger partial charge in [0.25, 0.3) is 0 Å². The smallest absolute Gasteiger partial charge is 0.246 e. The Morgan fingerprint density at radius 1 is 1.62 bits per heavy atom. The van der Waals surface area contributed by atoms with Crippen LogP contribution in [0.15, 0.2) is 0 Å². The van der Waals surface area contributed by atoms with Crippen LogP contribution in [0, 0.1) is 0 Å². The molecule has 0 unspecified atom stereocenters. The Bertz CT molecular complexity index is 161. The number of nitrogens with one attached hydrogen (secondary N) is 1. The number of aliphatic imine (C=N–C) groups is 1. The van der Waals surface area contributed by atoms with Crippen molar-refractivity contribution in [1.82, 2.24) is 10.3 Å². The van der Waals surface area contributed by atoms with Gasteiger partial charge in [-0.15, -0.1) is 0 Å². The van der Waals surface area contributed by atoms with Crippen molar-refractivity contribution in [3.05, 3.63) is 0 Å². The molecule has 4 heteroatoms. The maximum atomic E-state index is 10.3. The zero-order valence-corrected chi connectivity index (χ0v) is 4.05. The van der Waals surface area contributed by atoms with Gasteiger partial charge in [0.15, 0.2) is 0 Å². The van der Waals surface area contributed by atoms with Crippen LogP contribution in [-0.4, -0.2) is 18.2 Å². The molecule has 3 amide bonds. The van der Waals surface area contributed by atoms with Crippen molar-refractivity contribution in [2.24, 2.45) is 0 Å². The lowest BCUT2D eigenvalue weighted by Gasteiger charge is -1.88. The van der Waals surface area contributed by atoms with Crippen LogP contribution in [0.5, 0.6) is 0 Å². The Morgan fingerprint density at radius 2 is 2.38 bits per heavy atom. The van der Waals surface area contributed by atoms with Crippen molar-refractivity contribution >= 4 is 18.2 Å². The molecule has 0 saturated heterocycles. The molecule has 8 heavy (non-hydrogen) atoms. The van der Waals surface area contributed by atoms with Crippen molar-refractivity contribution in [3.63, 3.8) is 0 Å². The minimum Gasteiger partial charge on any atom is -0.246 e. The topological polar surface area (TPSA) is 60.3 Å². The Labute approximate surface area is 45.6 Å². The molecule has 0 atom stereocenters. The summed E-state index contributed by atoms with van der Waals surface area (Å²) in [7, 11) is 0. The molecule has 0 bridgehead atoms. The summed E-state index contributed by atoms with van der Waals surface area (Å²) in [5.74, 6) is -0.287. The van der Waals surface area contributed by atoms with E-state index in [9.17, 15) is 9.59 Å². The number of imide groups is 1. The van der Waals surface area contributed by atoms with Crippen LogP contribution in [0.25, 0.3) is 0 Å². The maximum absolute atomic E-state index is 10.3. The highest BCUT2D eigenvalue weighted by Crippen LogP contribution is 1.77. The molecule has 1 heterocycles. The van der Waals surface area contributed by atoms with Gasteiger partial charge in [-0.1, -0.05) is 0 Å². The third-order valence-electron chi connectivity index (χ3n) is 0.732. The van der Waals surface area contributed by atoms with Gasteiger partial charge < -0.3 is 0 Å². The average molecular weight is 112 g/mol. The summed E-state index contributed by atoms with van der Waals surface area (Å²) in [6, 6.07) is -0.568. The van der Waals surface area contributed by atoms with Gasteiger partial charge in [0.05, 0.1) is 0 Å². The molecule has 0 saturated carbocycles.